The van der Waals surface area contributed by atoms with Crippen LogP contribution in [0.5, 0.6) is 0 Å². The molecule has 3 rings (SSSR count). The van der Waals surface area contributed by atoms with Crippen LogP contribution in [0, 0.1) is 5.92 Å². The maximum absolute atomic E-state index is 12.5. The molecule has 1 aromatic carbocycles. The summed E-state index contributed by atoms with van der Waals surface area (Å²) < 4.78 is 1.02. The summed E-state index contributed by atoms with van der Waals surface area (Å²) in [6, 6.07) is 11.6. The summed E-state index contributed by atoms with van der Waals surface area (Å²) in [7, 11) is 0. The Kier molecular flexibility index (Phi) is 4.96. The Bertz CT molecular complexity index is 687. The average molecular weight is 374 g/mol. The molecular weight excluding hydrogens is 354 g/mol. The van der Waals surface area contributed by atoms with E-state index in [9.17, 15) is 4.79 Å². The number of anilines is 2. The van der Waals surface area contributed by atoms with Crippen molar-refractivity contribution in [3.63, 3.8) is 0 Å². The molecule has 0 saturated carbocycles. The van der Waals surface area contributed by atoms with Crippen LogP contribution in [0.25, 0.3) is 0 Å². The number of likely N-dealkylation sites (tertiary alicyclic amines) is 1. The molecule has 1 aliphatic heterocycles. The van der Waals surface area contributed by atoms with E-state index >= 15 is 0 Å². The first-order chi connectivity index (χ1) is 11.1. The van der Waals surface area contributed by atoms with Gasteiger partial charge in [0.25, 0.3) is 5.91 Å². The Hall–Kier alpha value is -1.88. The Morgan fingerprint density at radius 1 is 1.30 bits per heavy atom. The zero-order chi connectivity index (χ0) is 16.2. The lowest BCUT2D eigenvalue weighted by Gasteiger charge is -2.30. The van der Waals surface area contributed by atoms with Crippen LogP contribution in [-0.4, -0.2) is 28.9 Å². The third-order valence-corrected chi connectivity index (χ3v) is 4.53. The van der Waals surface area contributed by atoms with E-state index in [1.165, 1.54) is 6.42 Å². The van der Waals surface area contributed by atoms with Gasteiger partial charge in [0.1, 0.15) is 5.69 Å². The van der Waals surface area contributed by atoms with E-state index in [1.54, 1.807) is 12.3 Å². The van der Waals surface area contributed by atoms with Crippen molar-refractivity contribution in [2.75, 3.05) is 18.4 Å². The lowest BCUT2D eigenvalue weighted by Crippen LogP contribution is -2.39. The molecule has 120 valence electrons. The second kappa shape index (κ2) is 7.13. The summed E-state index contributed by atoms with van der Waals surface area (Å²) in [5.41, 5.74) is 2.36. The number of hydrogen-bond acceptors (Lipinski definition) is 3. The van der Waals surface area contributed by atoms with Crippen molar-refractivity contribution >= 4 is 33.2 Å². The minimum atomic E-state index is 0.0329. The molecule has 4 nitrogen and oxygen atoms in total. The zero-order valence-corrected chi connectivity index (χ0v) is 14.7. The van der Waals surface area contributed by atoms with Crippen molar-refractivity contribution in [3.8, 4) is 0 Å². The van der Waals surface area contributed by atoms with Crippen LogP contribution >= 0.6 is 15.9 Å². The Labute approximate surface area is 145 Å². The molecule has 1 saturated heterocycles. The van der Waals surface area contributed by atoms with E-state index in [0.717, 1.165) is 35.4 Å². The van der Waals surface area contributed by atoms with Crippen LogP contribution < -0.4 is 5.32 Å². The van der Waals surface area contributed by atoms with Crippen LogP contribution in [0.2, 0.25) is 0 Å². The molecule has 1 atom stereocenters. The first kappa shape index (κ1) is 16.0. The standard InChI is InChI=1S/C18H20BrN3O/c1-13-4-3-9-22(12-13)18(23)17-8-7-16(11-20-17)21-15-6-2-5-14(19)10-15/h2,5-8,10-11,13,21H,3-4,9,12H2,1H3. The molecule has 0 radical (unpaired) electrons. The van der Waals surface area contributed by atoms with Gasteiger partial charge in [-0.3, -0.25) is 4.79 Å². The van der Waals surface area contributed by atoms with Gasteiger partial charge in [0, 0.05) is 23.2 Å². The van der Waals surface area contributed by atoms with Crippen molar-refractivity contribution in [3.05, 3.63) is 52.8 Å². The second-order valence-corrected chi connectivity index (χ2v) is 6.98. The van der Waals surface area contributed by atoms with Crippen LogP contribution in [0.15, 0.2) is 47.1 Å². The number of piperidine rings is 1. The largest absolute Gasteiger partial charge is 0.354 e. The minimum Gasteiger partial charge on any atom is -0.354 e. The fourth-order valence-electron chi connectivity index (χ4n) is 2.86. The molecule has 1 amide bonds. The highest BCUT2D eigenvalue weighted by Gasteiger charge is 2.22. The van der Waals surface area contributed by atoms with Gasteiger partial charge in [-0.1, -0.05) is 28.9 Å². The minimum absolute atomic E-state index is 0.0329. The Morgan fingerprint density at radius 3 is 2.87 bits per heavy atom. The van der Waals surface area contributed by atoms with E-state index in [0.29, 0.717) is 11.6 Å². The maximum atomic E-state index is 12.5. The normalized spacial score (nSPS) is 17.8. The highest BCUT2D eigenvalue weighted by atomic mass is 79.9. The SMILES string of the molecule is CC1CCCN(C(=O)c2ccc(Nc3cccc(Br)c3)cn2)C1. The second-order valence-electron chi connectivity index (χ2n) is 6.07. The van der Waals surface area contributed by atoms with Crippen molar-refractivity contribution in [2.45, 2.75) is 19.8 Å². The number of amides is 1. The highest BCUT2D eigenvalue weighted by molar-refractivity contribution is 9.10. The fraction of sp³-hybridized carbons (Fsp3) is 0.333. The molecule has 5 heteroatoms. The number of carbonyl (C=O) groups is 1. The summed E-state index contributed by atoms with van der Waals surface area (Å²) in [4.78, 5) is 18.7. The number of rotatable bonds is 3. The van der Waals surface area contributed by atoms with Gasteiger partial charge in [0.05, 0.1) is 11.9 Å². The number of nitrogens with zero attached hydrogens (tertiary/aromatic N) is 2. The summed E-state index contributed by atoms with van der Waals surface area (Å²) in [6.45, 7) is 3.86. The number of halogens is 1. The molecule has 2 heterocycles. The molecule has 1 aliphatic rings. The highest BCUT2D eigenvalue weighted by Crippen LogP contribution is 2.21. The van der Waals surface area contributed by atoms with Crippen molar-refractivity contribution < 1.29 is 4.79 Å². The molecule has 0 aliphatic carbocycles. The zero-order valence-electron chi connectivity index (χ0n) is 13.1. The van der Waals surface area contributed by atoms with Gasteiger partial charge >= 0.3 is 0 Å². The molecule has 0 bridgehead atoms. The molecule has 0 spiro atoms. The third-order valence-electron chi connectivity index (χ3n) is 4.04. The van der Waals surface area contributed by atoms with Crippen molar-refractivity contribution in [1.82, 2.24) is 9.88 Å². The molecule has 1 fully saturated rings. The first-order valence-electron chi connectivity index (χ1n) is 7.90. The van der Waals surface area contributed by atoms with Crippen molar-refractivity contribution in [2.24, 2.45) is 5.92 Å². The Balaban J connectivity index is 1.68. The third kappa shape index (κ3) is 4.10. The molecule has 23 heavy (non-hydrogen) atoms. The van der Waals surface area contributed by atoms with E-state index in [2.05, 4.69) is 33.2 Å². The van der Waals surface area contributed by atoms with Crippen molar-refractivity contribution in [1.29, 1.82) is 0 Å². The van der Waals surface area contributed by atoms with Crippen LogP contribution in [0.4, 0.5) is 11.4 Å². The number of benzene rings is 1. The van der Waals surface area contributed by atoms with Gasteiger partial charge in [-0.15, -0.1) is 0 Å². The van der Waals surface area contributed by atoms with Gasteiger partial charge in [0.2, 0.25) is 0 Å². The Morgan fingerprint density at radius 2 is 2.17 bits per heavy atom. The molecule has 1 aromatic heterocycles. The van der Waals surface area contributed by atoms with Gasteiger partial charge in [-0.25, -0.2) is 4.98 Å². The number of carbonyl (C=O) groups excluding carboxylic acids is 1. The van der Waals surface area contributed by atoms with E-state index < -0.39 is 0 Å². The summed E-state index contributed by atoms with van der Waals surface area (Å²) >= 11 is 3.45. The fourth-order valence-corrected chi connectivity index (χ4v) is 3.26. The van der Waals surface area contributed by atoms with Gasteiger partial charge in [-0.05, 0) is 49.1 Å². The van der Waals surface area contributed by atoms with E-state index in [-0.39, 0.29) is 5.91 Å². The van der Waals surface area contributed by atoms with E-state index in [4.69, 9.17) is 0 Å². The van der Waals surface area contributed by atoms with Crippen LogP contribution in [0.3, 0.4) is 0 Å². The van der Waals surface area contributed by atoms with Gasteiger partial charge in [0.15, 0.2) is 0 Å². The summed E-state index contributed by atoms with van der Waals surface area (Å²) in [5.74, 6) is 0.607. The maximum Gasteiger partial charge on any atom is 0.272 e. The monoisotopic (exact) mass is 373 g/mol. The number of aromatic nitrogens is 1. The number of pyridine rings is 1. The van der Waals surface area contributed by atoms with Crippen LogP contribution in [-0.2, 0) is 0 Å². The number of nitrogens with one attached hydrogen (secondary N) is 1. The molecule has 1 unspecified atom stereocenters. The lowest BCUT2D eigenvalue weighted by molar-refractivity contribution is 0.0677. The topological polar surface area (TPSA) is 45.2 Å². The summed E-state index contributed by atoms with van der Waals surface area (Å²) in [5, 5.41) is 3.28. The van der Waals surface area contributed by atoms with E-state index in [1.807, 2.05) is 35.2 Å². The molecule has 1 N–H and O–H groups in total. The molecule has 2 aromatic rings. The van der Waals surface area contributed by atoms with Gasteiger partial charge < -0.3 is 10.2 Å². The predicted molar refractivity (Wildman–Crippen MR) is 96.0 cm³/mol. The average Bonchev–Trinajstić information content (AvgIpc) is 2.55. The van der Waals surface area contributed by atoms with Gasteiger partial charge in [-0.2, -0.15) is 0 Å². The smallest absolute Gasteiger partial charge is 0.272 e. The van der Waals surface area contributed by atoms with Crippen LogP contribution in [0.1, 0.15) is 30.3 Å². The molecular formula is C18H20BrN3O. The summed E-state index contributed by atoms with van der Waals surface area (Å²) in [6.07, 6.45) is 3.99. The quantitative estimate of drug-likeness (QED) is 0.863. The first-order valence-corrected chi connectivity index (χ1v) is 8.69. The number of hydrogen-bond donors (Lipinski definition) is 1. The predicted octanol–water partition coefficient (Wildman–Crippen LogP) is 4.46. The lowest BCUT2D eigenvalue weighted by atomic mass is 10.00.